The van der Waals surface area contributed by atoms with E-state index in [-0.39, 0.29) is 47.0 Å². The molecule has 2 aliphatic carbocycles. The molecular weight excluding hydrogens is 1260 g/mol. The fraction of sp³-hybridized carbons (Fsp3) is 0.471. The molecule has 3 fully saturated rings. The first-order valence-corrected chi connectivity index (χ1v) is 35.3. The maximum atomic E-state index is 14.4. The number of esters is 2. The van der Waals surface area contributed by atoms with Crippen LogP contribution in [0.25, 0.3) is 22.2 Å². The van der Waals surface area contributed by atoms with Gasteiger partial charge >= 0.3 is 18.0 Å². The molecule has 1 aliphatic heterocycles. The highest BCUT2D eigenvalue weighted by molar-refractivity contribution is 7.90. The second kappa shape index (κ2) is 33.7. The number of unbranched alkanes of at least 4 members (excludes halogenated alkanes) is 10. The molecule has 1 aromatic heterocycles. The van der Waals surface area contributed by atoms with E-state index in [0.717, 1.165) is 82.6 Å². The third-order valence-corrected chi connectivity index (χ3v) is 19.6. The standard InChI is InChI=1S/C48H59N5O10S.C22H33N3O5S/c1-7-33-30-48(33,45(56)52-64(58,59)42-22-17-16-21-37(42)49-26-18-11-9-8-10-15-23-43(54)61-6)51-44(55)40-28-35(31-53(40)46(57)63-47(2,3)4)62-41-29-38(32-19-13-12-14-20-32)50-39-27-34(60-5)24-25-36(39)41;1-3-17-16-22(17,23)21(27)25-31(28,29)19-13-10-9-12-18(19)24-15-11-7-5-4-6-8-14-20(26)30-2/h7,12-14,16-17,19-22,24-25,27,29,33,35,40,49H,1,8-11,15,18,23,26,28,30-31H2,2-6H3,(H,51,55)(H,52,56);3,9-10,12-13,17,24H,1,4-8,11,14-16,23H2,2H3,(H,25,27)/t33-,35-,40+,48-;17-,22-/m11/s1. The van der Waals surface area contributed by atoms with E-state index < -0.39 is 78.6 Å². The first-order valence-electron chi connectivity index (χ1n) is 32.3. The van der Waals surface area contributed by atoms with Gasteiger partial charge in [-0.3, -0.25) is 28.9 Å². The van der Waals surface area contributed by atoms with Crippen molar-refractivity contribution in [1.29, 1.82) is 0 Å². The quantitative estimate of drug-likeness (QED) is 0.00965. The van der Waals surface area contributed by atoms with Crippen molar-refractivity contribution >= 4 is 78.1 Å². The number of methoxy groups -OCH3 is 3. The number of carbonyl (C=O) groups is 6. The van der Waals surface area contributed by atoms with Gasteiger partial charge in [0.25, 0.3) is 31.9 Å². The lowest BCUT2D eigenvalue weighted by atomic mass is 10.1. The van der Waals surface area contributed by atoms with Crippen LogP contribution >= 0.6 is 0 Å². The van der Waals surface area contributed by atoms with Gasteiger partial charge in [-0.05, 0) is 95.7 Å². The van der Waals surface area contributed by atoms with Gasteiger partial charge in [0.2, 0.25) is 5.91 Å². The number of carbonyl (C=O) groups excluding carboxylic acids is 6. The Morgan fingerprint density at radius 3 is 1.67 bits per heavy atom. The number of benzene rings is 4. The van der Waals surface area contributed by atoms with Crippen LogP contribution in [0.4, 0.5) is 16.2 Å². The Hall–Kier alpha value is -8.55. The van der Waals surface area contributed by atoms with E-state index in [1.807, 2.05) is 42.5 Å². The number of amides is 4. The Labute approximate surface area is 558 Å². The van der Waals surface area contributed by atoms with Crippen molar-refractivity contribution in [2.75, 3.05) is 51.6 Å². The van der Waals surface area contributed by atoms with Gasteiger partial charge in [0, 0.05) is 67.3 Å². The van der Waals surface area contributed by atoms with Crippen LogP contribution in [-0.4, -0.2) is 132 Å². The lowest BCUT2D eigenvalue weighted by molar-refractivity contribution is -0.141. The molecule has 8 rings (SSSR count). The van der Waals surface area contributed by atoms with Gasteiger partial charge in [0.1, 0.15) is 50.1 Å². The van der Waals surface area contributed by atoms with Crippen LogP contribution < -0.4 is 40.6 Å². The van der Waals surface area contributed by atoms with Crippen molar-refractivity contribution in [3.05, 3.63) is 128 Å². The third kappa shape index (κ3) is 20.5. The van der Waals surface area contributed by atoms with E-state index in [9.17, 15) is 45.6 Å². The summed E-state index contributed by atoms with van der Waals surface area (Å²) in [6, 6.07) is 28.5. The van der Waals surface area contributed by atoms with E-state index >= 15 is 0 Å². The number of fused-ring (bicyclic) bond motifs is 1. The zero-order chi connectivity index (χ0) is 69.0. The van der Waals surface area contributed by atoms with Crippen molar-refractivity contribution in [1.82, 2.24) is 24.6 Å². The number of hydrogen-bond acceptors (Lipinski definition) is 19. The molecule has 7 N–H and O–H groups in total. The van der Waals surface area contributed by atoms with Gasteiger partial charge in [-0.15, -0.1) is 13.2 Å². The highest BCUT2D eigenvalue weighted by Crippen LogP contribution is 2.46. The van der Waals surface area contributed by atoms with Crippen LogP contribution in [0, 0.1) is 11.8 Å². The lowest BCUT2D eigenvalue weighted by Gasteiger charge is -2.29. The summed E-state index contributed by atoms with van der Waals surface area (Å²) in [5.41, 5.74) is 5.13. The molecule has 95 heavy (non-hydrogen) atoms. The van der Waals surface area contributed by atoms with Crippen LogP contribution in [0.15, 0.2) is 138 Å². The summed E-state index contributed by atoms with van der Waals surface area (Å²) in [5, 5.41) is 9.86. The molecule has 1 saturated heterocycles. The molecule has 4 aromatic carbocycles. The molecule has 6 atom stereocenters. The zero-order valence-corrected chi connectivity index (χ0v) is 56.9. The SMILES string of the molecule is C=C[C@@H]1C[C@]1(N)C(=O)NS(=O)(=O)c1ccccc1NCCCCCCCCC(=O)OC.C=C[C@@H]1C[C@]1(NC(=O)[C@@H]1C[C@@H](Oc2cc(-c3ccccc3)nc3cc(OC)ccc23)CN1C(=O)OC(C)(C)C)C(=O)NS(=O)(=O)c1ccccc1NCCCCCCCCC(=O)OC. The minimum Gasteiger partial charge on any atom is -0.497 e. The molecule has 0 unspecified atom stereocenters. The average Bonchev–Trinajstić information content (AvgIpc) is 1.60. The number of pyridine rings is 1. The number of ether oxygens (including phenoxy) is 5. The molecule has 3 aliphatic rings. The van der Waals surface area contributed by atoms with Crippen molar-refractivity contribution in [2.45, 2.75) is 169 Å². The number of sulfonamides is 2. The molecule has 0 radical (unpaired) electrons. The van der Waals surface area contributed by atoms with Gasteiger partial charge in [0.05, 0.1) is 50.5 Å². The number of nitrogens with zero attached hydrogens (tertiary/aromatic N) is 2. The summed E-state index contributed by atoms with van der Waals surface area (Å²) in [5.74, 6) is -2.39. The van der Waals surface area contributed by atoms with Crippen LogP contribution in [-0.2, 0) is 58.2 Å². The lowest BCUT2D eigenvalue weighted by Crippen LogP contribution is -2.56. The minimum atomic E-state index is -4.42. The van der Waals surface area contributed by atoms with Gasteiger partial charge in [-0.2, -0.15) is 0 Å². The number of para-hydroxylation sites is 2. The number of anilines is 2. The summed E-state index contributed by atoms with van der Waals surface area (Å²) < 4.78 is 84.7. The van der Waals surface area contributed by atoms with Crippen LogP contribution in [0.2, 0.25) is 0 Å². The first kappa shape index (κ1) is 73.9. The van der Waals surface area contributed by atoms with Gasteiger partial charge in [-0.1, -0.05) is 118 Å². The van der Waals surface area contributed by atoms with Crippen LogP contribution in [0.1, 0.15) is 130 Å². The van der Waals surface area contributed by atoms with Crippen LogP contribution in [0.3, 0.4) is 0 Å². The summed E-state index contributed by atoms with van der Waals surface area (Å²) >= 11 is 0. The Bertz CT molecular complexity index is 3750. The molecule has 23 nitrogen and oxygen atoms in total. The number of nitrogens with one attached hydrogen (secondary N) is 5. The zero-order valence-electron chi connectivity index (χ0n) is 55.2. The van der Waals surface area contributed by atoms with E-state index in [2.05, 4.69) is 48.0 Å². The van der Waals surface area contributed by atoms with Gasteiger partial charge < -0.3 is 45.4 Å². The summed E-state index contributed by atoms with van der Waals surface area (Å²) in [7, 11) is -4.12. The smallest absolute Gasteiger partial charge is 0.411 e. The monoisotopic (exact) mass is 1350 g/mol. The third-order valence-electron chi connectivity index (χ3n) is 16.9. The van der Waals surface area contributed by atoms with Crippen molar-refractivity contribution in [3.63, 3.8) is 0 Å². The number of nitrogens with two attached hydrogens (primary N) is 1. The van der Waals surface area contributed by atoms with Crippen molar-refractivity contribution < 1.29 is 69.3 Å². The maximum Gasteiger partial charge on any atom is 0.411 e. The first-order chi connectivity index (χ1) is 45.3. The minimum absolute atomic E-state index is 0.0190. The molecule has 2 saturated carbocycles. The molecule has 2 heterocycles. The van der Waals surface area contributed by atoms with E-state index in [4.69, 9.17) is 24.9 Å². The molecule has 0 spiro atoms. The van der Waals surface area contributed by atoms with E-state index in [1.54, 1.807) is 82.5 Å². The van der Waals surface area contributed by atoms with Crippen LogP contribution in [0.5, 0.6) is 11.5 Å². The second-order valence-electron chi connectivity index (χ2n) is 25.1. The molecule has 514 valence electrons. The predicted molar refractivity (Wildman–Crippen MR) is 363 cm³/mol. The molecule has 25 heteroatoms. The van der Waals surface area contributed by atoms with Crippen molar-refractivity contribution in [2.24, 2.45) is 17.6 Å². The van der Waals surface area contributed by atoms with Gasteiger partial charge in [-0.25, -0.2) is 36.1 Å². The summed E-state index contributed by atoms with van der Waals surface area (Å²) in [6.07, 6.45) is 14.1. The summed E-state index contributed by atoms with van der Waals surface area (Å²) in [4.78, 5) is 83.0. The largest absolute Gasteiger partial charge is 0.497 e. The van der Waals surface area contributed by atoms with E-state index in [1.165, 1.54) is 37.3 Å². The highest BCUT2D eigenvalue weighted by Gasteiger charge is 2.62. The number of aromatic nitrogens is 1. The van der Waals surface area contributed by atoms with Crippen molar-refractivity contribution in [3.8, 4) is 22.8 Å². The number of hydrogen-bond donors (Lipinski definition) is 6. The molecule has 4 amide bonds. The Morgan fingerprint density at radius 2 is 1.17 bits per heavy atom. The summed E-state index contributed by atoms with van der Waals surface area (Å²) in [6.45, 7) is 13.7. The number of rotatable bonds is 34. The van der Waals surface area contributed by atoms with E-state index in [0.29, 0.717) is 71.8 Å². The Kier molecular flexibility index (Phi) is 26.2. The Balaban J connectivity index is 0.000000344. The number of likely N-dealkylation sites (tertiary alicyclic amines) is 1. The Morgan fingerprint density at radius 1 is 0.653 bits per heavy atom. The van der Waals surface area contributed by atoms with Gasteiger partial charge in [0.15, 0.2) is 0 Å². The normalized spacial score (nSPS) is 19.5. The topological polar surface area (TPSA) is 319 Å². The predicted octanol–water partition coefficient (Wildman–Crippen LogP) is 10.3. The molecular formula is C70H92N8O15S2. The maximum absolute atomic E-state index is 14.4. The fourth-order valence-electron chi connectivity index (χ4n) is 11.3. The highest BCUT2D eigenvalue weighted by atomic mass is 32.2. The molecule has 0 bridgehead atoms. The fourth-order valence-corrected chi connectivity index (χ4v) is 13.7. The molecule has 5 aromatic rings. The second-order valence-corrected chi connectivity index (χ2v) is 28.4. The average molecular weight is 1350 g/mol.